The van der Waals surface area contributed by atoms with E-state index in [0.717, 1.165) is 29.6 Å². The van der Waals surface area contributed by atoms with Crippen molar-refractivity contribution in [2.75, 3.05) is 11.9 Å². The van der Waals surface area contributed by atoms with Crippen LogP contribution in [0.3, 0.4) is 0 Å². The van der Waals surface area contributed by atoms with Crippen LogP contribution in [-0.4, -0.2) is 26.3 Å². The van der Waals surface area contributed by atoms with Crippen LogP contribution in [0.1, 0.15) is 24.3 Å². The Labute approximate surface area is 101 Å². The summed E-state index contributed by atoms with van der Waals surface area (Å²) in [7, 11) is 0. The molecule has 90 valence electrons. The number of hydrogen-bond donors (Lipinski definition) is 1. The van der Waals surface area contributed by atoms with Gasteiger partial charge in [0.15, 0.2) is 0 Å². The van der Waals surface area contributed by atoms with Crippen molar-refractivity contribution in [1.29, 1.82) is 0 Å². The van der Waals surface area contributed by atoms with Crippen LogP contribution in [0.2, 0.25) is 0 Å². The Morgan fingerprint density at radius 3 is 2.82 bits per heavy atom. The first-order chi connectivity index (χ1) is 8.19. The molecule has 0 aliphatic heterocycles. The molecule has 0 aliphatic rings. The van der Waals surface area contributed by atoms with Crippen LogP contribution in [0.15, 0.2) is 18.3 Å². The van der Waals surface area contributed by atoms with Crippen LogP contribution in [0.5, 0.6) is 0 Å². The van der Waals surface area contributed by atoms with E-state index in [1.165, 1.54) is 0 Å². The summed E-state index contributed by atoms with van der Waals surface area (Å²) in [6, 6.07) is 4.01. The molecule has 2 rings (SSSR count). The molecule has 5 nitrogen and oxygen atoms in total. The molecule has 0 bridgehead atoms. The lowest BCUT2D eigenvalue weighted by Crippen LogP contribution is -2.06. The van der Waals surface area contributed by atoms with Crippen LogP contribution in [-0.2, 0) is 6.54 Å². The van der Waals surface area contributed by atoms with Gasteiger partial charge < -0.3 is 5.32 Å². The molecule has 5 heteroatoms. The van der Waals surface area contributed by atoms with Gasteiger partial charge in [-0.2, -0.15) is 5.10 Å². The highest BCUT2D eigenvalue weighted by Crippen LogP contribution is 2.09. The Morgan fingerprint density at radius 2 is 2.18 bits per heavy atom. The number of rotatable bonds is 4. The number of hydrogen-bond acceptors (Lipinski definition) is 4. The van der Waals surface area contributed by atoms with E-state index in [1.807, 2.05) is 36.9 Å². The highest BCUT2D eigenvalue weighted by molar-refractivity contribution is 5.42. The molecule has 2 aromatic rings. The number of nitrogens with one attached hydrogen (secondary N) is 1. The first-order valence-corrected chi connectivity index (χ1v) is 5.76. The normalized spacial score (nSPS) is 10.5. The summed E-state index contributed by atoms with van der Waals surface area (Å²) in [5, 5.41) is 7.59. The Kier molecular flexibility index (Phi) is 3.37. The lowest BCUT2D eigenvalue weighted by molar-refractivity contribution is 0.644. The number of aryl methyl sites for hydroxylation is 2. The molecule has 0 fully saturated rings. The largest absolute Gasteiger partial charge is 0.385 e. The number of pyridine rings is 1. The van der Waals surface area contributed by atoms with Gasteiger partial charge >= 0.3 is 0 Å². The zero-order valence-electron chi connectivity index (χ0n) is 10.4. The van der Waals surface area contributed by atoms with Gasteiger partial charge in [-0.25, -0.2) is 9.67 Å². The van der Waals surface area contributed by atoms with Crippen LogP contribution < -0.4 is 5.32 Å². The van der Waals surface area contributed by atoms with E-state index < -0.39 is 0 Å². The summed E-state index contributed by atoms with van der Waals surface area (Å²) in [5.41, 5.74) is 2.07. The average molecular weight is 231 g/mol. The van der Waals surface area contributed by atoms with Crippen molar-refractivity contribution < 1.29 is 0 Å². The van der Waals surface area contributed by atoms with Crippen molar-refractivity contribution in [3.63, 3.8) is 0 Å². The van der Waals surface area contributed by atoms with Gasteiger partial charge in [-0.3, -0.25) is 4.98 Å². The summed E-state index contributed by atoms with van der Waals surface area (Å²) < 4.78 is 1.87. The van der Waals surface area contributed by atoms with E-state index in [9.17, 15) is 0 Å². The van der Waals surface area contributed by atoms with Crippen molar-refractivity contribution in [1.82, 2.24) is 19.7 Å². The standard InChI is InChI=1S/C12H17N5/c1-4-13-11-5-6-14-12(7-11)8-17-10(3)15-9(2)16-17/h5-7H,4,8H2,1-3H3,(H,13,14). The monoisotopic (exact) mass is 231 g/mol. The summed E-state index contributed by atoms with van der Waals surface area (Å²) in [6.07, 6.45) is 1.81. The second-order valence-corrected chi connectivity index (χ2v) is 3.93. The third kappa shape index (κ3) is 2.81. The minimum absolute atomic E-state index is 0.659. The predicted molar refractivity (Wildman–Crippen MR) is 67.0 cm³/mol. The molecular formula is C12H17N5. The third-order valence-corrected chi connectivity index (χ3v) is 2.47. The fourth-order valence-corrected chi connectivity index (χ4v) is 1.74. The number of nitrogens with zero attached hydrogens (tertiary/aromatic N) is 4. The van der Waals surface area contributed by atoms with Crippen molar-refractivity contribution in [3.8, 4) is 0 Å². The molecule has 0 unspecified atom stereocenters. The third-order valence-electron chi connectivity index (χ3n) is 2.47. The molecule has 0 aromatic carbocycles. The van der Waals surface area contributed by atoms with E-state index in [0.29, 0.717) is 6.54 Å². The summed E-state index contributed by atoms with van der Waals surface area (Å²) >= 11 is 0. The van der Waals surface area contributed by atoms with Gasteiger partial charge in [0.05, 0.1) is 12.2 Å². The lowest BCUT2D eigenvalue weighted by Gasteiger charge is -2.06. The van der Waals surface area contributed by atoms with Gasteiger partial charge in [-0.15, -0.1) is 0 Å². The van der Waals surface area contributed by atoms with Gasteiger partial charge in [0.2, 0.25) is 0 Å². The van der Waals surface area contributed by atoms with Crippen molar-refractivity contribution in [3.05, 3.63) is 35.7 Å². The highest BCUT2D eigenvalue weighted by Gasteiger charge is 2.04. The molecule has 2 aromatic heterocycles. The van der Waals surface area contributed by atoms with Crippen LogP contribution in [0, 0.1) is 13.8 Å². The van der Waals surface area contributed by atoms with Gasteiger partial charge in [-0.1, -0.05) is 0 Å². The number of aromatic nitrogens is 4. The van der Waals surface area contributed by atoms with E-state index >= 15 is 0 Å². The van der Waals surface area contributed by atoms with E-state index in [1.54, 1.807) is 0 Å². The van der Waals surface area contributed by atoms with Crippen LogP contribution >= 0.6 is 0 Å². The van der Waals surface area contributed by atoms with Gasteiger partial charge in [0, 0.05) is 18.4 Å². The van der Waals surface area contributed by atoms with E-state index in [2.05, 4.69) is 27.3 Å². The Morgan fingerprint density at radius 1 is 1.35 bits per heavy atom. The molecule has 1 N–H and O–H groups in total. The molecule has 0 atom stereocenters. The second kappa shape index (κ2) is 4.95. The first kappa shape index (κ1) is 11.6. The Hall–Kier alpha value is -1.91. The van der Waals surface area contributed by atoms with Gasteiger partial charge in [-0.05, 0) is 32.9 Å². The van der Waals surface area contributed by atoms with Crippen LogP contribution in [0.4, 0.5) is 5.69 Å². The summed E-state index contributed by atoms with van der Waals surface area (Å²) in [6.45, 7) is 7.49. The quantitative estimate of drug-likeness (QED) is 0.871. The van der Waals surface area contributed by atoms with Crippen LogP contribution in [0.25, 0.3) is 0 Å². The van der Waals surface area contributed by atoms with Gasteiger partial charge in [0.25, 0.3) is 0 Å². The summed E-state index contributed by atoms with van der Waals surface area (Å²) in [5.74, 6) is 1.71. The lowest BCUT2D eigenvalue weighted by atomic mass is 10.3. The minimum atomic E-state index is 0.659. The zero-order valence-corrected chi connectivity index (χ0v) is 10.4. The molecule has 17 heavy (non-hydrogen) atoms. The highest BCUT2D eigenvalue weighted by atomic mass is 15.3. The second-order valence-electron chi connectivity index (χ2n) is 3.93. The zero-order chi connectivity index (χ0) is 12.3. The molecule has 0 radical (unpaired) electrons. The van der Waals surface area contributed by atoms with Crippen molar-refractivity contribution in [2.45, 2.75) is 27.3 Å². The first-order valence-electron chi connectivity index (χ1n) is 5.76. The fraction of sp³-hybridized carbons (Fsp3) is 0.417. The molecule has 0 spiro atoms. The molecule has 0 saturated heterocycles. The van der Waals surface area contributed by atoms with Gasteiger partial charge in [0.1, 0.15) is 11.6 Å². The maximum Gasteiger partial charge on any atom is 0.147 e. The molecular weight excluding hydrogens is 214 g/mol. The van der Waals surface area contributed by atoms with E-state index in [-0.39, 0.29) is 0 Å². The summed E-state index contributed by atoms with van der Waals surface area (Å²) in [4.78, 5) is 8.61. The van der Waals surface area contributed by atoms with E-state index in [4.69, 9.17) is 0 Å². The molecule has 0 aliphatic carbocycles. The smallest absolute Gasteiger partial charge is 0.147 e. The number of anilines is 1. The minimum Gasteiger partial charge on any atom is -0.385 e. The Balaban J connectivity index is 2.18. The van der Waals surface area contributed by atoms with Crippen molar-refractivity contribution in [2.24, 2.45) is 0 Å². The average Bonchev–Trinajstić information content (AvgIpc) is 2.58. The SMILES string of the molecule is CCNc1ccnc(Cn2nc(C)nc2C)c1. The molecule has 2 heterocycles. The Bertz CT molecular complexity index is 503. The molecule has 0 saturated carbocycles. The maximum atomic E-state index is 4.34. The predicted octanol–water partition coefficient (Wildman–Crippen LogP) is 1.77. The topological polar surface area (TPSA) is 55.6 Å². The fourth-order valence-electron chi connectivity index (χ4n) is 1.74. The van der Waals surface area contributed by atoms with Crippen molar-refractivity contribution >= 4 is 5.69 Å². The molecule has 0 amide bonds. The maximum absolute atomic E-state index is 4.34.